The zero-order chi connectivity index (χ0) is 21.8. The van der Waals surface area contributed by atoms with Gasteiger partial charge in [-0.15, -0.1) is 0 Å². The fraction of sp³-hybridized carbons (Fsp3) is 0.417. The Kier molecular flexibility index (Phi) is 6.66. The molecule has 2 aromatic rings. The molecule has 2 amide bonds. The van der Waals surface area contributed by atoms with Crippen molar-refractivity contribution in [3.8, 4) is 11.5 Å². The van der Waals surface area contributed by atoms with Crippen LogP contribution in [0.15, 0.2) is 42.5 Å². The maximum absolute atomic E-state index is 13.4. The fourth-order valence-corrected chi connectivity index (χ4v) is 4.50. The molecule has 31 heavy (non-hydrogen) atoms. The lowest BCUT2D eigenvalue weighted by Crippen LogP contribution is -2.49. The van der Waals surface area contributed by atoms with E-state index in [1.54, 1.807) is 12.1 Å². The zero-order valence-electron chi connectivity index (χ0n) is 17.7. The van der Waals surface area contributed by atoms with Crippen molar-refractivity contribution >= 4 is 23.4 Å². The molecule has 2 aliphatic heterocycles. The van der Waals surface area contributed by atoms with Crippen molar-refractivity contribution in [1.82, 2.24) is 9.80 Å². The van der Waals surface area contributed by atoms with Gasteiger partial charge in [-0.25, -0.2) is 0 Å². The van der Waals surface area contributed by atoms with Crippen LogP contribution in [-0.2, 0) is 0 Å². The minimum atomic E-state index is -0.0615. The third kappa shape index (κ3) is 4.64. The molecule has 0 N–H and O–H groups in total. The molecule has 0 atom stereocenters. The average molecular weight is 443 g/mol. The number of halogens is 1. The summed E-state index contributed by atoms with van der Waals surface area (Å²) in [6.45, 7) is 4.87. The Morgan fingerprint density at radius 2 is 1.77 bits per heavy atom. The molecule has 0 radical (unpaired) electrons. The van der Waals surface area contributed by atoms with Crippen molar-refractivity contribution in [3.05, 3.63) is 58.6 Å². The third-order valence-corrected chi connectivity index (χ3v) is 6.06. The summed E-state index contributed by atoms with van der Waals surface area (Å²) in [5, 5.41) is 0.389. The number of hydrogen-bond donors (Lipinski definition) is 0. The second kappa shape index (κ2) is 9.60. The van der Waals surface area contributed by atoms with E-state index in [2.05, 4.69) is 6.92 Å². The van der Waals surface area contributed by atoms with E-state index in [4.69, 9.17) is 21.1 Å². The Balaban J connectivity index is 1.46. The van der Waals surface area contributed by atoms with E-state index in [1.807, 2.05) is 40.1 Å². The number of amides is 2. The Labute approximate surface area is 187 Å². The molecular weight excluding hydrogens is 416 g/mol. The maximum atomic E-state index is 13.4. The van der Waals surface area contributed by atoms with Crippen LogP contribution < -0.4 is 9.47 Å². The van der Waals surface area contributed by atoms with E-state index in [0.29, 0.717) is 60.5 Å². The number of rotatable bonds is 5. The molecule has 4 rings (SSSR count). The van der Waals surface area contributed by atoms with E-state index in [0.717, 1.165) is 19.3 Å². The van der Waals surface area contributed by atoms with E-state index in [9.17, 15) is 9.59 Å². The molecule has 0 unspecified atom stereocenters. The highest BCUT2D eigenvalue weighted by molar-refractivity contribution is 6.32. The van der Waals surface area contributed by atoms with Gasteiger partial charge < -0.3 is 19.3 Å². The molecule has 0 bridgehead atoms. The lowest BCUT2D eigenvalue weighted by atomic mass is 10.0. The number of likely N-dealkylation sites (tertiary alicyclic amines) is 1. The Morgan fingerprint density at radius 3 is 2.48 bits per heavy atom. The van der Waals surface area contributed by atoms with Crippen LogP contribution >= 0.6 is 11.6 Å². The molecule has 7 heteroatoms. The number of fused-ring (bicyclic) bond motifs is 1. The molecule has 2 aliphatic rings. The summed E-state index contributed by atoms with van der Waals surface area (Å²) in [4.78, 5) is 29.9. The number of piperidine rings is 1. The molecule has 0 aromatic heterocycles. The summed E-state index contributed by atoms with van der Waals surface area (Å²) in [7, 11) is 0. The number of hydrogen-bond acceptors (Lipinski definition) is 4. The van der Waals surface area contributed by atoms with Gasteiger partial charge in [0.25, 0.3) is 11.8 Å². The topological polar surface area (TPSA) is 59.1 Å². The van der Waals surface area contributed by atoms with Crippen LogP contribution in [0.5, 0.6) is 11.5 Å². The summed E-state index contributed by atoms with van der Waals surface area (Å²) in [6.07, 6.45) is 2.36. The molecule has 2 aromatic carbocycles. The van der Waals surface area contributed by atoms with Crippen LogP contribution in [0.3, 0.4) is 0 Å². The highest BCUT2D eigenvalue weighted by Gasteiger charge is 2.31. The number of ether oxygens (including phenoxy) is 2. The first kappa shape index (κ1) is 21.5. The molecule has 1 saturated heterocycles. The van der Waals surface area contributed by atoms with Gasteiger partial charge in [-0.1, -0.05) is 36.7 Å². The summed E-state index contributed by atoms with van der Waals surface area (Å²) in [5.41, 5.74) is 1.21. The fourth-order valence-electron chi connectivity index (χ4n) is 4.23. The molecule has 6 nitrogen and oxygen atoms in total. The predicted octanol–water partition coefficient (Wildman–Crippen LogP) is 4.27. The summed E-state index contributed by atoms with van der Waals surface area (Å²) in [6, 6.07) is 12.8. The molecule has 0 aliphatic carbocycles. The van der Waals surface area contributed by atoms with E-state index >= 15 is 0 Å². The molecule has 1 fully saturated rings. The first-order valence-corrected chi connectivity index (χ1v) is 11.2. The van der Waals surface area contributed by atoms with Crippen LogP contribution in [-0.4, -0.2) is 60.5 Å². The lowest BCUT2D eigenvalue weighted by Gasteiger charge is -2.38. The summed E-state index contributed by atoms with van der Waals surface area (Å²) in [5.74, 6) is 1.00. The molecule has 164 valence electrons. The van der Waals surface area contributed by atoms with Gasteiger partial charge in [0.05, 0.1) is 5.02 Å². The van der Waals surface area contributed by atoms with Crippen molar-refractivity contribution in [2.24, 2.45) is 0 Å². The van der Waals surface area contributed by atoms with Gasteiger partial charge in [-0.3, -0.25) is 9.59 Å². The number of carbonyl (C=O) groups excluding carboxylic acids is 2. The van der Waals surface area contributed by atoms with Crippen molar-refractivity contribution in [1.29, 1.82) is 0 Å². The monoisotopic (exact) mass is 442 g/mol. The minimum absolute atomic E-state index is 0.0473. The van der Waals surface area contributed by atoms with Gasteiger partial charge >= 0.3 is 0 Å². The van der Waals surface area contributed by atoms with Crippen molar-refractivity contribution in [3.63, 3.8) is 0 Å². The number of carbonyl (C=O) groups is 2. The van der Waals surface area contributed by atoms with E-state index in [-0.39, 0.29) is 17.9 Å². The standard InChI is InChI=1S/C24H27ClN2O4/c1-2-10-27(24(29)18-15-20(25)22-21(16-18)30-13-14-31-22)19-8-11-26(12-9-19)23(28)17-6-4-3-5-7-17/h3-7,15-16,19H,2,8-14H2,1H3. The molecule has 0 saturated carbocycles. The van der Waals surface area contributed by atoms with Crippen LogP contribution in [0.4, 0.5) is 0 Å². The average Bonchev–Trinajstić information content (AvgIpc) is 2.82. The van der Waals surface area contributed by atoms with Gasteiger partial charge in [0.1, 0.15) is 13.2 Å². The third-order valence-electron chi connectivity index (χ3n) is 5.78. The van der Waals surface area contributed by atoms with Crippen molar-refractivity contribution in [2.45, 2.75) is 32.2 Å². The SMILES string of the molecule is CCCN(C(=O)c1cc(Cl)c2c(c1)OCCO2)C1CCN(C(=O)c2ccccc2)CC1. The predicted molar refractivity (Wildman–Crippen MR) is 119 cm³/mol. The maximum Gasteiger partial charge on any atom is 0.254 e. The van der Waals surface area contributed by atoms with Gasteiger partial charge in [-0.2, -0.15) is 0 Å². The number of benzene rings is 2. The van der Waals surface area contributed by atoms with Crippen LogP contribution in [0, 0.1) is 0 Å². The zero-order valence-corrected chi connectivity index (χ0v) is 18.4. The summed E-state index contributed by atoms with van der Waals surface area (Å²) >= 11 is 6.35. The van der Waals surface area contributed by atoms with Crippen molar-refractivity contribution < 1.29 is 19.1 Å². The van der Waals surface area contributed by atoms with Gasteiger partial charge in [0, 0.05) is 36.8 Å². The molecular formula is C24H27ClN2O4. The van der Waals surface area contributed by atoms with E-state index in [1.165, 1.54) is 0 Å². The highest BCUT2D eigenvalue weighted by atomic mass is 35.5. The van der Waals surface area contributed by atoms with Crippen LogP contribution in [0.1, 0.15) is 46.9 Å². The van der Waals surface area contributed by atoms with Gasteiger partial charge in [0.15, 0.2) is 11.5 Å². The molecule has 2 heterocycles. The number of nitrogens with zero attached hydrogens (tertiary/aromatic N) is 2. The second-order valence-corrected chi connectivity index (χ2v) is 8.28. The van der Waals surface area contributed by atoms with E-state index < -0.39 is 0 Å². The Hall–Kier alpha value is -2.73. The smallest absolute Gasteiger partial charge is 0.254 e. The minimum Gasteiger partial charge on any atom is -0.486 e. The first-order valence-electron chi connectivity index (χ1n) is 10.8. The first-order chi connectivity index (χ1) is 15.1. The second-order valence-electron chi connectivity index (χ2n) is 7.87. The molecule has 0 spiro atoms. The van der Waals surface area contributed by atoms with Gasteiger partial charge in [-0.05, 0) is 43.5 Å². The quantitative estimate of drug-likeness (QED) is 0.693. The normalized spacial score (nSPS) is 16.1. The van der Waals surface area contributed by atoms with Crippen LogP contribution in [0.25, 0.3) is 0 Å². The Bertz CT molecular complexity index is 942. The lowest BCUT2D eigenvalue weighted by molar-refractivity contribution is 0.0518. The van der Waals surface area contributed by atoms with Crippen LogP contribution in [0.2, 0.25) is 5.02 Å². The van der Waals surface area contributed by atoms with Gasteiger partial charge in [0.2, 0.25) is 0 Å². The highest BCUT2D eigenvalue weighted by Crippen LogP contribution is 2.38. The van der Waals surface area contributed by atoms with Crippen molar-refractivity contribution in [2.75, 3.05) is 32.8 Å². The summed E-state index contributed by atoms with van der Waals surface area (Å²) < 4.78 is 11.2. The Morgan fingerprint density at radius 1 is 1.06 bits per heavy atom. The largest absolute Gasteiger partial charge is 0.486 e.